The molecule has 3 nitrogen and oxygen atoms in total. The van der Waals surface area contributed by atoms with Crippen molar-refractivity contribution in [2.45, 2.75) is 31.2 Å². The standard InChI is InChI=1S/C13H19N3/c14-8-2-7-12(15)11-6-1-4-10-5-3-9-16-13(10)11/h2-3,5,7,9,11-12H,1,4,6,8,14-15H2. The number of aromatic nitrogens is 1. The summed E-state index contributed by atoms with van der Waals surface area (Å²) in [6.45, 7) is 0.551. The van der Waals surface area contributed by atoms with E-state index in [0.29, 0.717) is 12.5 Å². The molecule has 2 unspecified atom stereocenters. The highest BCUT2D eigenvalue weighted by atomic mass is 14.7. The predicted molar refractivity (Wildman–Crippen MR) is 66.1 cm³/mol. The molecule has 4 N–H and O–H groups in total. The fourth-order valence-corrected chi connectivity index (χ4v) is 2.39. The molecule has 1 heterocycles. The van der Waals surface area contributed by atoms with Crippen LogP contribution in [0.5, 0.6) is 0 Å². The zero-order chi connectivity index (χ0) is 11.4. The summed E-state index contributed by atoms with van der Waals surface area (Å²) in [5.41, 5.74) is 14.2. The topological polar surface area (TPSA) is 64.9 Å². The summed E-state index contributed by atoms with van der Waals surface area (Å²) in [6.07, 6.45) is 9.26. The number of nitrogens with two attached hydrogens (primary N) is 2. The quantitative estimate of drug-likeness (QED) is 0.751. The maximum atomic E-state index is 6.17. The van der Waals surface area contributed by atoms with Gasteiger partial charge in [0.05, 0.1) is 0 Å². The Morgan fingerprint density at radius 3 is 3.25 bits per heavy atom. The van der Waals surface area contributed by atoms with Crippen LogP contribution < -0.4 is 11.5 Å². The zero-order valence-corrected chi connectivity index (χ0v) is 9.47. The first-order valence-corrected chi connectivity index (χ1v) is 5.89. The first-order valence-electron chi connectivity index (χ1n) is 5.89. The molecule has 1 aliphatic rings. The van der Waals surface area contributed by atoms with Crippen LogP contribution in [0.15, 0.2) is 30.5 Å². The van der Waals surface area contributed by atoms with Crippen LogP contribution in [-0.2, 0) is 6.42 Å². The molecule has 0 saturated heterocycles. The average Bonchev–Trinajstić information content (AvgIpc) is 2.35. The van der Waals surface area contributed by atoms with Gasteiger partial charge in [-0.25, -0.2) is 0 Å². The van der Waals surface area contributed by atoms with Gasteiger partial charge in [0, 0.05) is 30.4 Å². The number of aryl methyl sites for hydroxylation is 1. The Balaban J connectivity index is 2.21. The van der Waals surface area contributed by atoms with Crippen molar-refractivity contribution < 1.29 is 0 Å². The van der Waals surface area contributed by atoms with Gasteiger partial charge in [-0.15, -0.1) is 0 Å². The van der Waals surface area contributed by atoms with Crippen LogP contribution in [0, 0.1) is 0 Å². The van der Waals surface area contributed by atoms with E-state index >= 15 is 0 Å². The van der Waals surface area contributed by atoms with E-state index in [1.807, 2.05) is 24.4 Å². The van der Waals surface area contributed by atoms with Gasteiger partial charge in [0.15, 0.2) is 0 Å². The molecule has 0 spiro atoms. The number of nitrogens with zero attached hydrogens (tertiary/aromatic N) is 1. The molecule has 0 radical (unpaired) electrons. The predicted octanol–water partition coefficient (Wildman–Crippen LogP) is 1.34. The Hall–Kier alpha value is -1.19. The molecule has 0 saturated carbocycles. The lowest BCUT2D eigenvalue weighted by Gasteiger charge is -2.27. The molecule has 86 valence electrons. The summed E-state index contributed by atoms with van der Waals surface area (Å²) in [4.78, 5) is 4.48. The van der Waals surface area contributed by atoms with E-state index in [1.165, 1.54) is 17.7 Å². The minimum atomic E-state index is 0.0394. The first kappa shape index (κ1) is 11.3. The Labute approximate surface area is 96.6 Å². The summed E-state index contributed by atoms with van der Waals surface area (Å²) in [5, 5.41) is 0. The SMILES string of the molecule is NCC=CC(N)C1CCCc2cccnc21. The molecule has 2 atom stereocenters. The van der Waals surface area contributed by atoms with Gasteiger partial charge in [-0.3, -0.25) is 4.98 Å². The van der Waals surface area contributed by atoms with E-state index < -0.39 is 0 Å². The Morgan fingerprint density at radius 2 is 2.44 bits per heavy atom. The molecule has 1 aromatic heterocycles. The van der Waals surface area contributed by atoms with Crippen LogP contribution >= 0.6 is 0 Å². The van der Waals surface area contributed by atoms with Crippen molar-refractivity contribution >= 4 is 0 Å². The monoisotopic (exact) mass is 217 g/mol. The highest BCUT2D eigenvalue weighted by molar-refractivity contribution is 5.28. The van der Waals surface area contributed by atoms with E-state index in [1.54, 1.807) is 0 Å². The summed E-state index contributed by atoms with van der Waals surface area (Å²) in [5.74, 6) is 0.354. The maximum Gasteiger partial charge on any atom is 0.0485 e. The Morgan fingerprint density at radius 1 is 1.56 bits per heavy atom. The highest BCUT2D eigenvalue weighted by Gasteiger charge is 2.24. The van der Waals surface area contributed by atoms with Gasteiger partial charge in [-0.05, 0) is 30.9 Å². The second-order valence-electron chi connectivity index (χ2n) is 4.29. The lowest BCUT2D eigenvalue weighted by molar-refractivity contribution is 0.497. The lowest BCUT2D eigenvalue weighted by Crippen LogP contribution is -2.30. The fraction of sp³-hybridized carbons (Fsp3) is 0.462. The molecule has 1 aromatic rings. The number of hydrogen-bond donors (Lipinski definition) is 2. The van der Waals surface area contributed by atoms with Gasteiger partial charge in [-0.2, -0.15) is 0 Å². The molecule has 0 aliphatic heterocycles. The second kappa shape index (κ2) is 5.23. The number of rotatable bonds is 3. The van der Waals surface area contributed by atoms with Gasteiger partial charge >= 0.3 is 0 Å². The smallest absolute Gasteiger partial charge is 0.0485 e. The van der Waals surface area contributed by atoms with Gasteiger partial charge in [0.25, 0.3) is 0 Å². The molecular weight excluding hydrogens is 198 g/mol. The maximum absolute atomic E-state index is 6.17. The molecule has 2 rings (SSSR count). The molecule has 16 heavy (non-hydrogen) atoms. The molecular formula is C13H19N3. The minimum absolute atomic E-state index is 0.0394. The van der Waals surface area contributed by atoms with Gasteiger partial charge in [0.1, 0.15) is 0 Å². The Kier molecular flexibility index (Phi) is 3.70. The molecule has 0 amide bonds. The third-order valence-electron chi connectivity index (χ3n) is 3.20. The van der Waals surface area contributed by atoms with Crippen LogP contribution in [0.4, 0.5) is 0 Å². The van der Waals surface area contributed by atoms with Crippen LogP contribution in [0.25, 0.3) is 0 Å². The molecule has 0 fully saturated rings. The van der Waals surface area contributed by atoms with E-state index in [4.69, 9.17) is 11.5 Å². The van der Waals surface area contributed by atoms with Gasteiger partial charge in [-0.1, -0.05) is 18.2 Å². The van der Waals surface area contributed by atoms with E-state index in [-0.39, 0.29) is 6.04 Å². The Bertz CT molecular complexity index is 373. The number of hydrogen-bond acceptors (Lipinski definition) is 3. The first-order chi connectivity index (χ1) is 7.83. The molecule has 1 aliphatic carbocycles. The fourth-order valence-electron chi connectivity index (χ4n) is 2.39. The van der Waals surface area contributed by atoms with Crippen LogP contribution in [-0.4, -0.2) is 17.6 Å². The minimum Gasteiger partial charge on any atom is -0.327 e. The largest absolute Gasteiger partial charge is 0.327 e. The number of pyridine rings is 1. The zero-order valence-electron chi connectivity index (χ0n) is 9.47. The summed E-state index contributed by atoms with van der Waals surface area (Å²) in [6, 6.07) is 4.20. The lowest BCUT2D eigenvalue weighted by atomic mass is 9.82. The van der Waals surface area contributed by atoms with Crippen molar-refractivity contribution in [3.8, 4) is 0 Å². The van der Waals surface area contributed by atoms with Crippen molar-refractivity contribution in [3.05, 3.63) is 41.7 Å². The van der Waals surface area contributed by atoms with E-state index in [9.17, 15) is 0 Å². The van der Waals surface area contributed by atoms with Crippen LogP contribution in [0.2, 0.25) is 0 Å². The average molecular weight is 217 g/mol. The van der Waals surface area contributed by atoms with Crippen molar-refractivity contribution in [1.29, 1.82) is 0 Å². The molecule has 0 aromatic carbocycles. The summed E-state index contributed by atoms with van der Waals surface area (Å²) < 4.78 is 0. The van der Waals surface area contributed by atoms with Crippen molar-refractivity contribution in [2.24, 2.45) is 11.5 Å². The normalized spacial score (nSPS) is 22.0. The van der Waals surface area contributed by atoms with E-state index in [0.717, 1.165) is 12.8 Å². The third-order valence-corrected chi connectivity index (χ3v) is 3.20. The number of fused-ring (bicyclic) bond motifs is 1. The summed E-state index contributed by atoms with van der Waals surface area (Å²) in [7, 11) is 0. The molecule has 3 heteroatoms. The van der Waals surface area contributed by atoms with Crippen molar-refractivity contribution in [2.75, 3.05) is 6.54 Å². The summed E-state index contributed by atoms with van der Waals surface area (Å²) >= 11 is 0. The van der Waals surface area contributed by atoms with Crippen LogP contribution in [0.3, 0.4) is 0 Å². The van der Waals surface area contributed by atoms with Crippen molar-refractivity contribution in [1.82, 2.24) is 4.98 Å². The van der Waals surface area contributed by atoms with E-state index in [2.05, 4.69) is 11.1 Å². The van der Waals surface area contributed by atoms with Crippen LogP contribution in [0.1, 0.15) is 30.0 Å². The van der Waals surface area contributed by atoms with Gasteiger partial charge in [0.2, 0.25) is 0 Å². The highest BCUT2D eigenvalue weighted by Crippen LogP contribution is 2.31. The third kappa shape index (κ3) is 2.31. The molecule has 0 bridgehead atoms. The van der Waals surface area contributed by atoms with Crippen molar-refractivity contribution in [3.63, 3.8) is 0 Å². The van der Waals surface area contributed by atoms with Gasteiger partial charge < -0.3 is 11.5 Å². The second-order valence-corrected chi connectivity index (χ2v) is 4.29.